The maximum Gasteiger partial charge on any atom is 0.409 e. The standard InChI is InChI=1S/C19H17N3O3/c23-18(12-5-7-13(8-6-12)21-19(24)25)9-16-14-3-1-2-4-15(14)17-10-20-11-22(16)17/h1-8,10-11,16,18,21,23H,9H2,(H,24,25). The number of anilines is 1. The van der Waals surface area contributed by atoms with E-state index in [1.54, 1.807) is 30.6 Å². The Hall–Kier alpha value is -3.12. The molecular weight excluding hydrogens is 318 g/mol. The van der Waals surface area contributed by atoms with Crippen LogP contribution in [0.25, 0.3) is 11.3 Å². The summed E-state index contributed by atoms with van der Waals surface area (Å²) in [5.74, 6) is 0. The first-order valence-electron chi connectivity index (χ1n) is 8.02. The minimum Gasteiger partial charge on any atom is -0.465 e. The highest BCUT2D eigenvalue weighted by molar-refractivity contribution is 5.82. The van der Waals surface area contributed by atoms with E-state index >= 15 is 0 Å². The van der Waals surface area contributed by atoms with Crippen LogP contribution in [0.5, 0.6) is 0 Å². The highest BCUT2D eigenvalue weighted by Gasteiger charge is 2.29. The number of nitrogens with one attached hydrogen (secondary N) is 1. The van der Waals surface area contributed by atoms with Crippen molar-refractivity contribution in [2.45, 2.75) is 18.6 Å². The van der Waals surface area contributed by atoms with Crippen LogP contribution >= 0.6 is 0 Å². The molecule has 1 aliphatic heterocycles. The van der Waals surface area contributed by atoms with Crippen LogP contribution in [0, 0.1) is 0 Å². The molecule has 1 aliphatic rings. The molecule has 0 saturated heterocycles. The minimum atomic E-state index is -1.11. The summed E-state index contributed by atoms with van der Waals surface area (Å²) >= 11 is 0. The molecule has 25 heavy (non-hydrogen) atoms. The lowest BCUT2D eigenvalue weighted by Gasteiger charge is -2.19. The van der Waals surface area contributed by atoms with Gasteiger partial charge < -0.3 is 14.8 Å². The summed E-state index contributed by atoms with van der Waals surface area (Å²) in [6.07, 6.45) is 2.39. The predicted octanol–water partition coefficient (Wildman–Crippen LogP) is 3.67. The van der Waals surface area contributed by atoms with Crippen molar-refractivity contribution in [3.8, 4) is 11.3 Å². The molecule has 2 unspecified atom stereocenters. The predicted molar refractivity (Wildman–Crippen MR) is 93.5 cm³/mol. The highest BCUT2D eigenvalue weighted by atomic mass is 16.4. The molecule has 126 valence electrons. The molecule has 3 aromatic rings. The van der Waals surface area contributed by atoms with Crippen LogP contribution in [0.1, 0.15) is 29.7 Å². The number of nitrogens with zero attached hydrogens (tertiary/aromatic N) is 2. The quantitative estimate of drug-likeness (QED) is 0.679. The van der Waals surface area contributed by atoms with Crippen LogP contribution in [0.4, 0.5) is 10.5 Å². The van der Waals surface area contributed by atoms with Crippen LogP contribution in [0.15, 0.2) is 61.1 Å². The van der Waals surface area contributed by atoms with Gasteiger partial charge in [0.05, 0.1) is 30.4 Å². The third-order valence-corrected chi connectivity index (χ3v) is 4.59. The molecule has 6 nitrogen and oxygen atoms in total. The van der Waals surface area contributed by atoms with Gasteiger partial charge in [-0.2, -0.15) is 0 Å². The van der Waals surface area contributed by atoms with E-state index < -0.39 is 12.2 Å². The number of rotatable bonds is 4. The first kappa shape index (κ1) is 15.4. The van der Waals surface area contributed by atoms with Gasteiger partial charge in [0.1, 0.15) is 0 Å². The fraction of sp³-hybridized carbons (Fsp3) is 0.158. The number of aliphatic hydroxyl groups is 1. The summed E-state index contributed by atoms with van der Waals surface area (Å²) in [7, 11) is 0. The monoisotopic (exact) mass is 335 g/mol. The maximum atomic E-state index is 10.7. The van der Waals surface area contributed by atoms with Crippen molar-refractivity contribution in [1.82, 2.24) is 9.55 Å². The molecule has 0 saturated carbocycles. The molecule has 6 heteroatoms. The fourth-order valence-corrected chi connectivity index (χ4v) is 3.43. The summed E-state index contributed by atoms with van der Waals surface area (Å²) in [6.45, 7) is 0. The summed E-state index contributed by atoms with van der Waals surface area (Å²) in [5, 5.41) is 21.7. The zero-order valence-electron chi connectivity index (χ0n) is 13.3. The van der Waals surface area contributed by atoms with Crippen molar-refractivity contribution in [2.75, 3.05) is 5.32 Å². The number of fused-ring (bicyclic) bond motifs is 3. The summed E-state index contributed by atoms with van der Waals surface area (Å²) in [4.78, 5) is 14.9. The molecule has 0 spiro atoms. The van der Waals surface area contributed by atoms with Gasteiger partial charge in [-0.05, 0) is 23.3 Å². The fourth-order valence-electron chi connectivity index (χ4n) is 3.43. The SMILES string of the molecule is O=C(O)Nc1ccc(C(O)CC2c3ccccc3-c3cncn32)cc1. The molecule has 2 aromatic carbocycles. The summed E-state index contributed by atoms with van der Waals surface area (Å²) in [5.41, 5.74) is 4.63. The second-order valence-corrected chi connectivity index (χ2v) is 6.09. The van der Waals surface area contributed by atoms with E-state index in [0.717, 1.165) is 16.8 Å². The lowest BCUT2D eigenvalue weighted by atomic mass is 9.96. The lowest BCUT2D eigenvalue weighted by Crippen LogP contribution is -2.11. The first-order valence-corrected chi connectivity index (χ1v) is 8.02. The Morgan fingerprint density at radius 3 is 2.72 bits per heavy atom. The van der Waals surface area contributed by atoms with Crippen LogP contribution in [0.2, 0.25) is 0 Å². The smallest absolute Gasteiger partial charge is 0.409 e. The Balaban J connectivity index is 1.57. The number of aliphatic hydroxyl groups excluding tert-OH is 1. The minimum absolute atomic E-state index is 0.0283. The topological polar surface area (TPSA) is 87.4 Å². The molecule has 0 radical (unpaired) electrons. The molecule has 0 aliphatic carbocycles. The molecule has 2 atom stereocenters. The van der Waals surface area contributed by atoms with Gasteiger partial charge in [0.2, 0.25) is 0 Å². The average Bonchev–Trinajstić information content (AvgIpc) is 3.18. The highest BCUT2D eigenvalue weighted by Crippen LogP contribution is 2.42. The Morgan fingerprint density at radius 1 is 1.20 bits per heavy atom. The molecule has 2 heterocycles. The van der Waals surface area contributed by atoms with Crippen molar-refractivity contribution in [3.05, 3.63) is 72.2 Å². The maximum absolute atomic E-state index is 10.7. The molecule has 1 amide bonds. The lowest BCUT2D eigenvalue weighted by molar-refractivity contribution is 0.154. The van der Waals surface area contributed by atoms with Crippen LogP contribution < -0.4 is 5.32 Å². The number of aromatic nitrogens is 2. The molecule has 0 fully saturated rings. The second-order valence-electron chi connectivity index (χ2n) is 6.09. The third kappa shape index (κ3) is 2.77. The van der Waals surface area contributed by atoms with E-state index in [4.69, 9.17) is 5.11 Å². The van der Waals surface area contributed by atoms with Crippen molar-refractivity contribution < 1.29 is 15.0 Å². The third-order valence-electron chi connectivity index (χ3n) is 4.59. The van der Waals surface area contributed by atoms with Gasteiger partial charge in [0, 0.05) is 17.7 Å². The van der Waals surface area contributed by atoms with Crippen LogP contribution in [-0.4, -0.2) is 25.9 Å². The summed E-state index contributed by atoms with van der Waals surface area (Å²) < 4.78 is 2.09. The van der Waals surface area contributed by atoms with Gasteiger partial charge >= 0.3 is 6.09 Å². The van der Waals surface area contributed by atoms with Gasteiger partial charge in [-0.3, -0.25) is 5.32 Å². The van der Waals surface area contributed by atoms with E-state index in [9.17, 15) is 9.90 Å². The number of hydrogen-bond acceptors (Lipinski definition) is 3. The zero-order chi connectivity index (χ0) is 17.4. The number of carboxylic acid groups (broad SMARTS) is 1. The molecule has 0 bridgehead atoms. The van der Waals surface area contributed by atoms with Gasteiger partial charge in [-0.1, -0.05) is 36.4 Å². The van der Waals surface area contributed by atoms with Gasteiger partial charge in [-0.15, -0.1) is 0 Å². The van der Waals surface area contributed by atoms with E-state index in [1.807, 2.05) is 18.3 Å². The first-order chi connectivity index (χ1) is 12.1. The Kier molecular flexibility index (Phi) is 3.74. The molecule has 1 aromatic heterocycles. The zero-order valence-corrected chi connectivity index (χ0v) is 13.3. The van der Waals surface area contributed by atoms with Crippen molar-refractivity contribution in [1.29, 1.82) is 0 Å². The van der Waals surface area contributed by atoms with Gasteiger partial charge in [0.15, 0.2) is 0 Å². The molecular formula is C19H17N3O3. The normalized spacial score (nSPS) is 16.1. The van der Waals surface area contributed by atoms with E-state index in [1.165, 1.54) is 5.56 Å². The number of carbonyl (C=O) groups is 1. The van der Waals surface area contributed by atoms with Gasteiger partial charge in [0.25, 0.3) is 0 Å². The summed E-state index contributed by atoms with van der Waals surface area (Å²) in [6, 6.07) is 15.0. The van der Waals surface area contributed by atoms with Gasteiger partial charge in [-0.25, -0.2) is 9.78 Å². The average molecular weight is 335 g/mol. The van der Waals surface area contributed by atoms with Crippen LogP contribution in [0.3, 0.4) is 0 Å². The van der Waals surface area contributed by atoms with Crippen molar-refractivity contribution in [3.63, 3.8) is 0 Å². The van der Waals surface area contributed by atoms with E-state index in [0.29, 0.717) is 12.1 Å². The Bertz CT molecular complexity index is 918. The largest absolute Gasteiger partial charge is 0.465 e. The van der Waals surface area contributed by atoms with Crippen molar-refractivity contribution in [2.24, 2.45) is 0 Å². The molecule has 4 rings (SSSR count). The number of amides is 1. The van der Waals surface area contributed by atoms with E-state index in [-0.39, 0.29) is 6.04 Å². The number of benzene rings is 2. The number of imidazole rings is 1. The Labute approximate surface area is 144 Å². The Morgan fingerprint density at radius 2 is 1.96 bits per heavy atom. The van der Waals surface area contributed by atoms with Crippen LogP contribution in [-0.2, 0) is 0 Å². The second kappa shape index (κ2) is 6.07. The van der Waals surface area contributed by atoms with Crippen molar-refractivity contribution >= 4 is 11.8 Å². The number of hydrogen-bond donors (Lipinski definition) is 3. The van der Waals surface area contributed by atoms with E-state index in [2.05, 4.69) is 27.0 Å². The molecule has 3 N–H and O–H groups in total.